The SMILES string of the molecule is COCCNC(=O)c1ccc(OC)cc1OC1CCN(Cc2cccc3cccnc23)CC1. The van der Waals surface area contributed by atoms with Gasteiger partial charge in [0.05, 0.1) is 24.8 Å². The highest BCUT2D eigenvalue weighted by atomic mass is 16.5. The van der Waals surface area contributed by atoms with Gasteiger partial charge >= 0.3 is 0 Å². The summed E-state index contributed by atoms with van der Waals surface area (Å²) < 4.78 is 16.7. The van der Waals surface area contributed by atoms with Gasteiger partial charge in [-0.2, -0.15) is 0 Å². The first-order valence-corrected chi connectivity index (χ1v) is 11.3. The van der Waals surface area contributed by atoms with E-state index < -0.39 is 0 Å². The van der Waals surface area contributed by atoms with Gasteiger partial charge in [0, 0.05) is 50.9 Å². The lowest BCUT2D eigenvalue weighted by Crippen LogP contribution is -2.38. The molecule has 0 unspecified atom stereocenters. The minimum atomic E-state index is -0.175. The van der Waals surface area contributed by atoms with E-state index in [2.05, 4.69) is 39.5 Å². The number of carbonyl (C=O) groups excluding carboxylic acids is 1. The van der Waals surface area contributed by atoms with Crippen LogP contribution in [0.25, 0.3) is 10.9 Å². The molecule has 2 aromatic carbocycles. The van der Waals surface area contributed by atoms with E-state index in [1.807, 2.05) is 12.3 Å². The van der Waals surface area contributed by atoms with Gasteiger partial charge in [0.2, 0.25) is 0 Å². The number of piperidine rings is 1. The molecule has 0 spiro atoms. The smallest absolute Gasteiger partial charge is 0.255 e. The molecule has 1 aromatic heterocycles. The van der Waals surface area contributed by atoms with Crippen molar-refractivity contribution in [3.05, 3.63) is 65.9 Å². The highest BCUT2D eigenvalue weighted by Gasteiger charge is 2.23. The number of rotatable bonds is 9. The van der Waals surface area contributed by atoms with Crippen LogP contribution in [-0.2, 0) is 11.3 Å². The fourth-order valence-electron chi connectivity index (χ4n) is 4.18. The lowest BCUT2D eigenvalue weighted by molar-refractivity contribution is 0.0882. The first-order chi connectivity index (χ1) is 16.2. The second kappa shape index (κ2) is 11.1. The number of nitrogens with zero attached hydrogens (tertiary/aromatic N) is 2. The van der Waals surface area contributed by atoms with Crippen LogP contribution < -0.4 is 14.8 Å². The van der Waals surface area contributed by atoms with E-state index in [4.69, 9.17) is 14.2 Å². The van der Waals surface area contributed by atoms with Crippen LogP contribution in [0.5, 0.6) is 11.5 Å². The summed E-state index contributed by atoms with van der Waals surface area (Å²) >= 11 is 0. The molecule has 1 aliphatic rings. The zero-order valence-corrected chi connectivity index (χ0v) is 19.3. The summed E-state index contributed by atoms with van der Waals surface area (Å²) in [6.45, 7) is 3.62. The van der Waals surface area contributed by atoms with Crippen LogP contribution in [0.1, 0.15) is 28.8 Å². The summed E-state index contributed by atoms with van der Waals surface area (Å²) in [4.78, 5) is 19.7. The Labute approximate surface area is 194 Å². The predicted octanol–water partition coefficient (Wildman–Crippen LogP) is 3.66. The molecular formula is C26H31N3O4. The Kier molecular flexibility index (Phi) is 7.75. The van der Waals surface area contributed by atoms with Crippen LogP contribution in [0.2, 0.25) is 0 Å². The highest BCUT2D eigenvalue weighted by molar-refractivity contribution is 5.97. The monoisotopic (exact) mass is 449 g/mol. The summed E-state index contributed by atoms with van der Waals surface area (Å²) in [5.41, 5.74) is 2.82. The molecule has 1 N–H and O–H groups in total. The Balaban J connectivity index is 1.38. The average molecular weight is 450 g/mol. The number of nitrogens with one attached hydrogen (secondary N) is 1. The summed E-state index contributed by atoms with van der Waals surface area (Å²) in [5, 5.41) is 4.03. The second-order valence-electron chi connectivity index (χ2n) is 8.20. The predicted molar refractivity (Wildman–Crippen MR) is 128 cm³/mol. The fourth-order valence-corrected chi connectivity index (χ4v) is 4.18. The summed E-state index contributed by atoms with van der Waals surface area (Å²) in [6.07, 6.45) is 3.67. The molecule has 1 fully saturated rings. The zero-order chi connectivity index (χ0) is 23.0. The van der Waals surface area contributed by atoms with E-state index in [0.717, 1.165) is 38.0 Å². The van der Waals surface area contributed by atoms with Crippen molar-refractivity contribution in [2.75, 3.05) is 40.5 Å². The summed E-state index contributed by atoms with van der Waals surface area (Å²) in [5.74, 6) is 1.05. The third kappa shape index (κ3) is 5.80. The molecule has 0 radical (unpaired) electrons. The molecule has 7 nitrogen and oxygen atoms in total. The van der Waals surface area contributed by atoms with Crippen molar-refractivity contribution in [2.24, 2.45) is 0 Å². The quantitative estimate of drug-likeness (QED) is 0.503. The molecular weight excluding hydrogens is 418 g/mol. The van der Waals surface area contributed by atoms with E-state index in [9.17, 15) is 4.79 Å². The number of fused-ring (bicyclic) bond motifs is 1. The van der Waals surface area contributed by atoms with E-state index in [1.54, 1.807) is 32.4 Å². The van der Waals surface area contributed by atoms with Crippen molar-refractivity contribution in [3.63, 3.8) is 0 Å². The van der Waals surface area contributed by atoms with Crippen LogP contribution in [0.4, 0.5) is 0 Å². The Morgan fingerprint density at radius 3 is 2.73 bits per heavy atom. The fraction of sp³-hybridized carbons (Fsp3) is 0.385. The van der Waals surface area contributed by atoms with Crippen molar-refractivity contribution in [1.29, 1.82) is 0 Å². The maximum absolute atomic E-state index is 12.6. The number of methoxy groups -OCH3 is 2. The number of para-hydroxylation sites is 1. The van der Waals surface area contributed by atoms with Gasteiger partial charge in [0.1, 0.15) is 17.6 Å². The Morgan fingerprint density at radius 2 is 1.94 bits per heavy atom. The molecule has 0 bridgehead atoms. The first kappa shape index (κ1) is 23.0. The second-order valence-corrected chi connectivity index (χ2v) is 8.20. The standard InChI is InChI=1S/C26H31N3O4/c1-31-16-13-28-26(30)23-9-8-22(32-2)17-24(23)33-21-10-14-29(15-11-21)18-20-6-3-5-19-7-4-12-27-25(19)20/h3-9,12,17,21H,10-11,13-16,18H2,1-2H3,(H,28,30). The molecule has 1 amide bonds. The van der Waals surface area contributed by atoms with Crippen molar-refractivity contribution in [1.82, 2.24) is 15.2 Å². The molecule has 1 saturated heterocycles. The van der Waals surface area contributed by atoms with Crippen LogP contribution >= 0.6 is 0 Å². The minimum absolute atomic E-state index is 0.0459. The maximum Gasteiger partial charge on any atom is 0.255 e. The Morgan fingerprint density at radius 1 is 1.12 bits per heavy atom. The molecule has 0 atom stereocenters. The van der Waals surface area contributed by atoms with Gasteiger partial charge in [-0.05, 0) is 36.6 Å². The number of ether oxygens (including phenoxy) is 3. The summed E-state index contributed by atoms with van der Waals surface area (Å²) in [6, 6.07) is 15.7. The zero-order valence-electron chi connectivity index (χ0n) is 19.3. The largest absolute Gasteiger partial charge is 0.497 e. The molecule has 2 heterocycles. The van der Waals surface area contributed by atoms with Gasteiger partial charge in [0.15, 0.2) is 0 Å². The lowest BCUT2D eigenvalue weighted by atomic mass is 10.0. The van der Waals surface area contributed by atoms with Gasteiger partial charge in [-0.25, -0.2) is 0 Å². The van der Waals surface area contributed by atoms with E-state index in [0.29, 0.717) is 30.2 Å². The third-order valence-corrected chi connectivity index (χ3v) is 5.96. The maximum atomic E-state index is 12.6. The number of hydrogen-bond donors (Lipinski definition) is 1. The van der Waals surface area contributed by atoms with Crippen molar-refractivity contribution >= 4 is 16.8 Å². The molecule has 4 rings (SSSR count). The number of benzene rings is 2. The topological polar surface area (TPSA) is 72.9 Å². The highest BCUT2D eigenvalue weighted by Crippen LogP contribution is 2.28. The average Bonchev–Trinajstić information content (AvgIpc) is 2.85. The Hall–Kier alpha value is -3.16. The van der Waals surface area contributed by atoms with E-state index >= 15 is 0 Å². The van der Waals surface area contributed by atoms with E-state index in [-0.39, 0.29) is 12.0 Å². The van der Waals surface area contributed by atoms with Crippen LogP contribution in [0, 0.1) is 0 Å². The van der Waals surface area contributed by atoms with Gasteiger partial charge in [0.25, 0.3) is 5.91 Å². The van der Waals surface area contributed by atoms with Crippen molar-refractivity contribution in [3.8, 4) is 11.5 Å². The van der Waals surface area contributed by atoms with Gasteiger partial charge in [-0.15, -0.1) is 0 Å². The summed E-state index contributed by atoms with van der Waals surface area (Å²) in [7, 11) is 3.22. The number of likely N-dealkylation sites (tertiary alicyclic amines) is 1. The van der Waals surface area contributed by atoms with Crippen molar-refractivity contribution < 1.29 is 19.0 Å². The van der Waals surface area contributed by atoms with Gasteiger partial charge < -0.3 is 19.5 Å². The molecule has 7 heteroatoms. The normalized spacial score (nSPS) is 14.8. The number of pyridine rings is 1. The number of carbonyl (C=O) groups is 1. The molecule has 0 aliphatic carbocycles. The molecule has 3 aromatic rings. The van der Waals surface area contributed by atoms with Crippen LogP contribution in [0.3, 0.4) is 0 Å². The first-order valence-electron chi connectivity index (χ1n) is 11.3. The lowest BCUT2D eigenvalue weighted by Gasteiger charge is -2.32. The molecule has 174 valence electrons. The van der Waals surface area contributed by atoms with Gasteiger partial charge in [-0.3, -0.25) is 14.7 Å². The number of amides is 1. The molecule has 1 aliphatic heterocycles. The van der Waals surface area contributed by atoms with Gasteiger partial charge in [-0.1, -0.05) is 24.3 Å². The van der Waals surface area contributed by atoms with Crippen molar-refractivity contribution in [2.45, 2.75) is 25.5 Å². The molecule has 0 saturated carbocycles. The van der Waals surface area contributed by atoms with Crippen LogP contribution in [0.15, 0.2) is 54.7 Å². The van der Waals surface area contributed by atoms with E-state index in [1.165, 1.54) is 10.9 Å². The number of aromatic nitrogens is 1. The molecule has 33 heavy (non-hydrogen) atoms. The van der Waals surface area contributed by atoms with Crippen LogP contribution in [-0.4, -0.2) is 62.4 Å². The Bertz CT molecular complexity index is 1070. The minimum Gasteiger partial charge on any atom is -0.497 e. The third-order valence-electron chi connectivity index (χ3n) is 5.96. The number of hydrogen-bond acceptors (Lipinski definition) is 6.